The normalized spacial score (nSPS) is 21.7. The Kier molecular flexibility index (Phi) is 6.84. The van der Waals surface area contributed by atoms with Crippen LogP contribution in [0.2, 0.25) is 0 Å². The van der Waals surface area contributed by atoms with Gasteiger partial charge in [-0.05, 0) is 63.8 Å². The fourth-order valence-corrected chi connectivity index (χ4v) is 4.70. The molecule has 0 aliphatic carbocycles. The highest BCUT2D eigenvalue weighted by Crippen LogP contribution is 2.36. The lowest BCUT2D eigenvalue weighted by molar-refractivity contribution is 0.140. The summed E-state index contributed by atoms with van der Waals surface area (Å²) in [6.45, 7) is 5.84. The first-order valence-corrected chi connectivity index (χ1v) is 11.4. The number of rotatable bonds is 7. The Morgan fingerprint density at radius 2 is 2.13 bits per heavy atom. The largest absolute Gasteiger partial charge is 0.507 e. The summed E-state index contributed by atoms with van der Waals surface area (Å²) in [6, 6.07) is 7.73. The third kappa shape index (κ3) is 5.41. The maximum atomic E-state index is 10.6. The van der Waals surface area contributed by atoms with Crippen LogP contribution in [0.15, 0.2) is 30.5 Å². The first-order chi connectivity index (χ1) is 15.0. The monoisotopic (exact) mass is 443 g/mol. The maximum absolute atomic E-state index is 10.6. The molecule has 9 heteroatoms. The van der Waals surface area contributed by atoms with Gasteiger partial charge in [-0.15, -0.1) is 5.10 Å². The molecule has 0 saturated carbocycles. The highest BCUT2D eigenvalue weighted by atomic mass is 32.1. The van der Waals surface area contributed by atoms with E-state index in [1.54, 1.807) is 17.9 Å². The molecule has 3 heterocycles. The predicted octanol–water partition coefficient (Wildman–Crippen LogP) is 3.58. The third-order valence-corrected chi connectivity index (χ3v) is 6.42. The predicted molar refractivity (Wildman–Crippen MR) is 120 cm³/mol. The number of phenols is 1. The molecule has 8 nitrogen and oxygen atoms in total. The van der Waals surface area contributed by atoms with Gasteiger partial charge in [-0.3, -0.25) is 0 Å². The van der Waals surface area contributed by atoms with Gasteiger partial charge in [-0.1, -0.05) is 16.4 Å². The zero-order valence-electron chi connectivity index (χ0n) is 18.1. The Balaban J connectivity index is 1.46. The number of aromatic hydroxyl groups is 1. The van der Waals surface area contributed by atoms with Gasteiger partial charge in [0, 0.05) is 32.0 Å². The summed E-state index contributed by atoms with van der Waals surface area (Å²) in [4.78, 5) is 0. The Hall–Kier alpha value is -2.49. The van der Waals surface area contributed by atoms with Crippen molar-refractivity contribution >= 4 is 11.3 Å². The summed E-state index contributed by atoms with van der Waals surface area (Å²) < 4.78 is 13.2. The molecule has 166 valence electrons. The lowest BCUT2D eigenvalue weighted by Crippen LogP contribution is -2.29. The molecule has 1 aliphatic heterocycles. The van der Waals surface area contributed by atoms with Crippen molar-refractivity contribution in [2.24, 2.45) is 5.92 Å². The lowest BCUT2D eigenvalue weighted by atomic mass is 9.98. The number of phenolic OH excluding ortho intramolecular Hbond substituents is 1. The van der Waals surface area contributed by atoms with Crippen molar-refractivity contribution in [1.29, 1.82) is 0 Å². The van der Waals surface area contributed by atoms with Crippen LogP contribution in [-0.2, 0) is 4.74 Å². The fraction of sp³-hybridized carbons (Fsp3) is 0.500. The van der Waals surface area contributed by atoms with Gasteiger partial charge in [0.05, 0.1) is 16.9 Å². The van der Waals surface area contributed by atoms with Gasteiger partial charge in [0.15, 0.2) is 5.01 Å². The molecule has 31 heavy (non-hydrogen) atoms. The van der Waals surface area contributed by atoms with E-state index in [1.165, 1.54) is 11.3 Å². The summed E-state index contributed by atoms with van der Waals surface area (Å²) in [7, 11) is 1.74. The van der Waals surface area contributed by atoms with Crippen molar-refractivity contribution in [1.82, 2.24) is 25.3 Å². The average Bonchev–Trinajstić information content (AvgIpc) is 3.34. The topological polar surface area (TPSA) is 94.3 Å². The Labute approximate surface area is 186 Å². The second kappa shape index (κ2) is 9.76. The zero-order chi connectivity index (χ0) is 21.8. The Morgan fingerprint density at radius 3 is 2.87 bits per heavy atom. The first kappa shape index (κ1) is 21.7. The van der Waals surface area contributed by atoms with Crippen LogP contribution in [0.5, 0.6) is 10.9 Å². The van der Waals surface area contributed by atoms with E-state index >= 15 is 0 Å². The Bertz CT molecular complexity index is 1000. The highest BCUT2D eigenvalue weighted by Gasteiger charge is 2.26. The summed E-state index contributed by atoms with van der Waals surface area (Å²) in [6.07, 6.45) is 4.82. The summed E-state index contributed by atoms with van der Waals surface area (Å²) in [5, 5.41) is 28.2. The summed E-state index contributed by atoms with van der Waals surface area (Å²) in [5.41, 5.74) is 2.34. The summed E-state index contributed by atoms with van der Waals surface area (Å²) >= 11 is 1.35. The lowest BCUT2D eigenvalue weighted by Gasteiger charge is -2.19. The van der Waals surface area contributed by atoms with Gasteiger partial charge in [0.25, 0.3) is 5.19 Å². The van der Waals surface area contributed by atoms with E-state index in [1.807, 2.05) is 31.3 Å². The van der Waals surface area contributed by atoms with Crippen LogP contribution in [0.1, 0.15) is 31.9 Å². The second-order valence-electron chi connectivity index (χ2n) is 8.14. The molecule has 2 aromatic heterocycles. The van der Waals surface area contributed by atoms with Crippen LogP contribution in [0.4, 0.5) is 0 Å². The minimum Gasteiger partial charge on any atom is -0.507 e. The van der Waals surface area contributed by atoms with E-state index in [-0.39, 0.29) is 11.9 Å². The number of ether oxygens (including phenoxy) is 2. The van der Waals surface area contributed by atoms with Crippen LogP contribution >= 0.6 is 11.3 Å². The van der Waals surface area contributed by atoms with Gasteiger partial charge in [-0.25, -0.2) is 4.68 Å². The van der Waals surface area contributed by atoms with Gasteiger partial charge in [-0.2, -0.15) is 5.10 Å². The molecule has 2 N–H and O–H groups in total. The van der Waals surface area contributed by atoms with Gasteiger partial charge < -0.3 is 19.9 Å². The number of hydrogen-bond acceptors (Lipinski definition) is 8. The number of benzene rings is 1. The maximum Gasteiger partial charge on any atom is 0.294 e. The number of aryl methyl sites for hydroxylation is 1. The van der Waals surface area contributed by atoms with Crippen LogP contribution in [-0.4, -0.2) is 57.5 Å². The van der Waals surface area contributed by atoms with E-state index in [2.05, 4.69) is 27.5 Å². The van der Waals surface area contributed by atoms with E-state index in [4.69, 9.17) is 9.47 Å². The first-order valence-electron chi connectivity index (χ1n) is 10.6. The van der Waals surface area contributed by atoms with Crippen molar-refractivity contribution in [3.8, 4) is 27.2 Å². The van der Waals surface area contributed by atoms with E-state index < -0.39 is 0 Å². The van der Waals surface area contributed by atoms with E-state index in [9.17, 15) is 5.11 Å². The molecule has 0 radical (unpaired) electrons. The summed E-state index contributed by atoms with van der Waals surface area (Å²) in [5.74, 6) is 0.644. The number of hydrogen-bond donors (Lipinski definition) is 2. The number of nitrogens with one attached hydrogen (secondary N) is 1. The van der Waals surface area contributed by atoms with Gasteiger partial charge in [0.1, 0.15) is 11.9 Å². The molecule has 3 unspecified atom stereocenters. The minimum atomic E-state index is 0.0756. The molecular weight excluding hydrogens is 414 g/mol. The quantitative estimate of drug-likeness (QED) is 0.576. The second-order valence-corrected chi connectivity index (χ2v) is 9.08. The van der Waals surface area contributed by atoms with E-state index in [0.717, 1.165) is 43.8 Å². The smallest absolute Gasteiger partial charge is 0.294 e. The molecule has 1 saturated heterocycles. The molecule has 1 fully saturated rings. The highest BCUT2D eigenvalue weighted by molar-refractivity contribution is 7.16. The van der Waals surface area contributed by atoms with Crippen LogP contribution in [0, 0.1) is 12.8 Å². The molecule has 0 spiro atoms. The van der Waals surface area contributed by atoms with Gasteiger partial charge in [0.2, 0.25) is 0 Å². The van der Waals surface area contributed by atoms with Crippen LogP contribution < -0.4 is 10.1 Å². The van der Waals surface area contributed by atoms with Crippen LogP contribution in [0.3, 0.4) is 0 Å². The molecule has 3 atom stereocenters. The number of methoxy groups -OCH3 is 1. The SMILES string of the molecule is COCCC1CNC(C)CC(Oc2nnc(-c3ccc(-n4ccc(C)n4)cc3O)s2)C1. The Morgan fingerprint density at radius 1 is 1.26 bits per heavy atom. The molecule has 0 bridgehead atoms. The molecule has 1 aromatic carbocycles. The molecule has 4 rings (SSSR count). The average molecular weight is 444 g/mol. The van der Waals surface area contributed by atoms with Crippen LogP contribution in [0.25, 0.3) is 16.3 Å². The van der Waals surface area contributed by atoms with Gasteiger partial charge >= 0.3 is 0 Å². The minimum absolute atomic E-state index is 0.0756. The molecule has 1 aliphatic rings. The zero-order valence-corrected chi connectivity index (χ0v) is 18.9. The van der Waals surface area contributed by atoms with E-state index in [0.29, 0.717) is 27.7 Å². The van der Waals surface area contributed by atoms with Crippen molar-refractivity contribution < 1.29 is 14.6 Å². The third-order valence-electron chi connectivity index (χ3n) is 5.57. The molecular formula is C22H29N5O3S. The van der Waals surface area contributed by atoms with Crippen molar-refractivity contribution in [2.45, 2.75) is 45.3 Å². The molecule has 3 aromatic rings. The van der Waals surface area contributed by atoms with Crippen molar-refractivity contribution in [2.75, 3.05) is 20.3 Å². The molecule has 0 amide bonds. The fourth-order valence-electron chi connectivity index (χ4n) is 3.91. The van der Waals surface area contributed by atoms with Crippen molar-refractivity contribution in [3.05, 3.63) is 36.2 Å². The van der Waals surface area contributed by atoms with Crippen molar-refractivity contribution in [3.63, 3.8) is 0 Å². The number of aromatic nitrogens is 4. The standard InChI is InChI=1S/C22H29N5O3S/c1-14-6-8-27(26-14)17-4-5-19(20(28)12-17)21-24-25-22(31-21)30-18-10-15(2)23-13-16(11-18)7-9-29-3/h4-6,8,12,15-16,18,23,28H,7,9-11,13H2,1-3H3. The number of nitrogens with zero attached hydrogens (tertiary/aromatic N) is 4.